The molecule has 0 atom stereocenters. The number of aryl methyl sites for hydroxylation is 1. The fourth-order valence-corrected chi connectivity index (χ4v) is 3.08. The van der Waals surface area contributed by atoms with Crippen molar-refractivity contribution in [2.75, 3.05) is 0 Å². The highest BCUT2D eigenvalue weighted by Crippen LogP contribution is 2.30. The van der Waals surface area contributed by atoms with Crippen molar-refractivity contribution < 1.29 is 13.4 Å². The largest absolute Gasteiger partial charge is 0.472 e. The van der Waals surface area contributed by atoms with E-state index in [0.717, 1.165) is 22.2 Å². The van der Waals surface area contributed by atoms with E-state index >= 15 is 0 Å². The molecule has 3 aromatic heterocycles. The maximum Gasteiger partial charge on any atom is 0.261 e. The van der Waals surface area contributed by atoms with Gasteiger partial charge in [0.2, 0.25) is 0 Å². The molecule has 0 N–H and O–H groups in total. The quantitative estimate of drug-likeness (QED) is 0.494. The smallest absolute Gasteiger partial charge is 0.261 e. The number of aromatic nitrogens is 3. The van der Waals surface area contributed by atoms with Gasteiger partial charge >= 0.3 is 0 Å². The molecular weight excluding hydrogens is 338 g/mol. The van der Waals surface area contributed by atoms with Crippen molar-refractivity contribution in [2.24, 2.45) is 0 Å². The molecule has 0 unspecified atom stereocenters. The average molecular weight is 348 g/mol. The van der Waals surface area contributed by atoms with Gasteiger partial charge in [0.05, 0.1) is 17.6 Å². The monoisotopic (exact) mass is 347 g/mol. The molecule has 0 aliphatic rings. The number of oxazole rings is 1. The van der Waals surface area contributed by atoms with Crippen molar-refractivity contribution in [1.29, 1.82) is 0 Å². The molecule has 1 aromatic carbocycles. The van der Waals surface area contributed by atoms with E-state index in [4.69, 9.17) is 25.0 Å². The SMILES string of the molecule is Cc1cc(Cl)cc2nc(SCc3noc(-c4ccoc4)n3)oc12. The van der Waals surface area contributed by atoms with Crippen molar-refractivity contribution in [1.82, 2.24) is 15.1 Å². The van der Waals surface area contributed by atoms with Gasteiger partial charge in [0, 0.05) is 5.02 Å². The molecule has 0 spiro atoms. The summed E-state index contributed by atoms with van der Waals surface area (Å²) < 4.78 is 15.9. The van der Waals surface area contributed by atoms with Gasteiger partial charge in [-0.3, -0.25) is 0 Å². The molecule has 0 bridgehead atoms. The highest BCUT2D eigenvalue weighted by Gasteiger charge is 2.13. The van der Waals surface area contributed by atoms with E-state index in [-0.39, 0.29) is 0 Å². The highest BCUT2D eigenvalue weighted by molar-refractivity contribution is 7.98. The van der Waals surface area contributed by atoms with Gasteiger partial charge in [-0.15, -0.1) is 0 Å². The van der Waals surface area contributed by atoms with Crippen molar-refractivity contribution >= 4 is 34.5 Å². The van der Waals surface area contributed by atoms with Gasteiger partial charge in [0.15, 0.2) is 11.4 Å². The Balaban J connectivity index is 1.52. The minimum atomic E-state index is 0.426. The van der Waals surface area contributed by atoms with Crippen molar-refractivity contribution in [3.63, 3.8) is 0 Å². The second-order valence-electron chi connectivity index (χ2n) is 4.87. The van der Waals surface area contributed by atoms with Crippen LogP contribution in [0.25, 0.3) is 22.6 Å². The first-order valence-electron chi connectivity index (χ1n) is 6.74. The first kappa shape index (κ1) is 14.3. The fourth-order valence-electron chi connectivity index (χ4n) is 2.14. The molecule has 0 aliphatic carbocycles. The predicted octanol–water partition coefficient (Wildman–Crippen LogP) is 4.72. The highest BCUT2D eigenvalue weighted by atomic mass is 35.5. The summed E-state index contributed by atoms with van der Waals surface area (Å²) in [6.07, 6.45) is 3.11. The lowest BCUT2D eigenvalue weighted by atomic mass is 10.2. The summed E-state index contributed by atoms with van der Waals surface area (Å²) in [6, 6.07) is 5.39. The van der Waals surface area contributed by atoms with E-state index in [1.165, 1.54) is 11.8 Å². The van der Waals surface area contributed by atoms with E-state index in [1.54, 1.807) is 24.7 Å². The lowest BCUT2D eigenvalue weighted by molar-refractivity contribution is 0.424. The Hall–Kier alpha value is -2.25. The van der Waals surface area contributed by atoms with Crippen LogP contribution >= 0.6 is 23.4 Å². The molecule has 0 radical (unpaired) electrons. The van der Waals surface area contributed by atoms with Gasteiger partial charge in [-0.1, -0.05) is 28.5 Å². The fraction of sp³-hybridized carbons (Fsp3) is 0.133. The Morgan fingerprint density at radius 2 is 2.17 bits per heavy atom. The summed E-state index contributed by atoms with van der Waals surface area (Å²) in [7, 11) is 0. The van der Waals surface area contributed by atoms with Crippen molar-refractivity contribution in [2.45, 2.75) is 17.9 Å². The molecule has 0 aliphatic heterocycles. The van der Waals surface area contributed by atoms with E-state index in [2.05, 4.69) is 15.1 Å². The number of hydrogen-bond acceptors (Lipinski definition) is 7. The van der Waals surface area contributed by atoms with Gasteiger partial charge in [-0.2, -0.15) is 4.98 Å². The van der Waals surface area contributed by atoms with Crippen LogP contribution in [-0.2, 0) is 5.75 Å². The Morgan fingerprint density at radius 3 is 3.00 bits per heavy atom. The third-order valence-electron chi connectivity index (χ3n) is 3.18. The molecule has 4 rings (SSSR count). The molecule has 23 heavy (non-hydrogen) atoms. The zero-order chi connectivity index (χ0) is 15.8. The Bertz CT molecular complexity index is 962. The van der Waals surface area contributed by atoms with E-state index in [1.807, 2.05) is 13.0 Å². The second kappa shape index (κ2) is 5.75. The molecule has 8 heteroatoms. The zero-order valence-electron chi connectivity index (χ0n) is 11.9. The Morgan fingerprint density at radius 1 is 1.26 bits per heavy atom. The second-order valence-corrected chi connectivity index (χ2v) is 6.23. The van der Waals surface area contributed by atoms with Crippen LogP contribution < -0.4 is 0 Å². The first-order valence-corrected chi connectivity index (χ1v) is 8.10. The molecule has 0 saturated carbocycles. The predicted molar refractivity (Wildman–Crippen MR) is 85.3 cm³/mol. The summed E-state index contributed by atoms with van der Waals surface area (Å²) in [4.78, 5) is 8.72. The van der Waals surface area contributed by atoms with Crippen LogP contribution in [0.5, 0.6) is 0 Å². The Labute approximate surface area is 139 Å². The summed E-state index contributed by atoms with van der Waals surface area (Å²) in [5, 5.41) is 5.12. The standard InChI is InChI=1S/C15H10ClN3O3S/c1-8-4-10(16)5-11-13(8)21-15(17-11)23-7-12-18-14(22-19-12)9-2-3-20-6-9/h2-6H,7H2,1H3. The molecule has 4 aromatic rings. The van der Waals surface area contributed by atoms with E-state index < -0.39 is 0 Å². The number of thioether (sulfide) groups is 1. The van der Waals surface area contributed by atoms with Crippen LogP contribution in [0.4, 0.5) is 0 Å². The number of benzene rings is 1. The minimum absolute atomic E-state index is 0.426. The van der Waals surface area contributed by atoms with Gasteiger partial charge in [0.25, 0.3) is 11.1 Å². The van der Waals surface area contributed by atoms with E-state index in [9.17, 15) is 0 Å². The van der Waals surface area contributed by atoms with Crippen LogP contribution in [0.2, 0.25) is 5.02 Å². The molecular formula is C15H10ClN3O3S. The lowest BCUT2D eigenvalue weighted by Crippen LogP contribution is -1.83. The molecule has 0 saturated heterocycles. The number of fused-ring (bicyclic) bond motifs is 1. The molecule has 6 nitrogen and oxygen atoms in total. The molecule has 116 valence electrons. The van der Waals surface area contributed by atoms with Gasteiger partial charge in [0.1, 0.15) is 11.8 Å². The van der Waals surface area contributed by atoms with Crippen LogP contribution in [0, 0.1) is 6.92 Å². The van der Waals surface area contributed by atoms with Gasteiger partial charge in [-0.05, 0) is 30.7 Å². The third kappa shape index (κ3) is 2.85. The molecule has 3 heterocycles. The van der Waals surface area contributed by atoms with Crippen LogP contribution in [0.15, 0.2) is 49.3 Å². The van der Waals surface area contributed by atoms with Crippen LogP contribution in [0.1, 0.15) is 11.4 Å². The van der Waals surface area contributed by atoms with Crippen LogP contribution in [0.3, 0.4) is 0 Å². The summed E-state index contributed by atoms with van der Waals surface area (Å²) in [6.45, 7) is 1.93. The number of nitrogens with zero attached hydrogens (tertiary/aromatic N) is 3. The third-order valence-corrected chi connectivity index (χ3v) is 4.22. The first-order chi connectivity index (χ1) is 11.2. The van der Waals surface area contributed by atoms with Crippen molar-refractivity contribution in [3.05, 3.63) is 47.1 Å². The maximum atomic E-state index is 6.03. The number of furan rings is 1. The topological polar surface area (TPSA) is 78.1 Å². The maximum absolute atomic E-state index is 6.03. The zero-order valence-corrected chi connectivity index (χ0v) is 13.5. The summed E-state index contributed by atoms with van der Waals surface area (Å²) in [5.41, 5.74) is 3.18. The van der Waals surface area contributed by atoms with Crippen molar-refractivity contribution in [3.8, 4) is 11.5 Å². The number of hydrogen-bond donors (Lipinski definition) is 0. The Kier molecular flexibility index (Phi) is 3.59. The van der Waals surface area contributed by atoms with Crippen LogP contribution in [-0.4, -0.2) is 15.1 Å². The van der Waals surface area contributed by atoms with E-state index in [0.29, 0.717) is 27.7 Å². The lowest BCUT2D eigenvalue weighted by Gasteiger charge is -1.93. The average Bonchev–Trinajstić information content (AvgIpc) is 3.24. The molecule has 0 fully saturated rings. The van der Waals surface area contributed by atoms with Gasteiger partial charge in [-0.25, -0.2) is 4.98 Å². The normalized spacial score (nSPS) is 11.4. The molecule has 0 amide bonds. The summed E-state index contributed by atoms with van der Waals surface area (Å²) in [5.74, 6) is 1.47. The number of halogens is 1. The summed E-state index contributed by atoms with van der Waals surface area (Å²) >= 11 is 7.42. The van der Waals surface area contributed by atoms with Gasteiger partial charge < -0.3 is 13.4 Å². The number of rotatable bonds is 4. The minimum Gasteiger partial charge on any atom is -0.472 e.